The monoisotopic (exact) mass is 702 g/mol. The summed E-state index contributed by atoms with van der Waals surface area (Å²) in [5.41, 5.74) is 3.89. The van der Waals surface area contributed by atoms with Crippen molar-refractivity contribution in [3.8, 4) is 12.1 Å². The number of hydrogen-bond donors (Lipinski definition) is 0. The van der Waals surface area contributed by atoms with E-state index in [2.05, 4.69) is 48.6 Å². The third-order valence-electron chi connectivity index (χ3n) is 8.89. The summed E-state index contributed by atoms with van der Waals surface area (Å²) in [5.74, 6) is 0. The molecule has 4 rings (SSSR count). The van der Waals surface area contributed by atoms with Crippen molar-refractivity contribution in [2.75, 3.05) is 54.4 Å². The van der Waals surface area contributed by atoms with Gasteiger partial charge in [-0.1, -0.05) is 36.4 Å². The van der Waals surface area contributed by atoms with Crippen LogP contribution in [0.3, 0.4) is 0 Å². The van der Waals surface area contributed by atoms with Crippen molar-refractivity contribution in [3.63, 3.8) is 0 Å². The van der Waals surface area contributed by atoms with Crippen LogP contribution in [0.15, 0.2) is 105 Å². The van der Waals surface area contributed by atoms with Crippen molar-refractivity contribution in [2.24, 2.45) is 20.5 Å². The Kier molecular flexibility index (Phi) is 13.1. The van der Waals surface area contributed by atoms with Crippen LogP contribution in [0.25, 0.3) is 0 Å². The van der Waals surface area contributed by atoms with Gasteiger partial charge in [0.2, 0.25) is 0 Å². The van der Waals surface area contributed by atoms with Crippen LogP contribution >= 0.6 is 0 Å². The minimum Gasteiger partial charge on any atom is -0.328 e. The maximum atomic E-state index is 11.1. The number of unbranched alkanes of at least 4 members (excludes halogenated alkanes) is 1. The summed E-state index contributed by atoms with van der Waals surface area (Å²) in [4.78, 5) is 21.1. The van der Waals surface area contributed by atoms with Gasteiger partial charge < -0.3 is 8.97 Å². The van der Waals surface area contributed by atoms with E-state index in [4.69, 9.17) is 0 Å². The zero-order valence-corrected chi connectivity index (χ0v) is 29.8. The minimum absolute atomic E-state index is 0.0964. The molecule has 0 N–H and O–H groups in total. The maximum Gasteiger partial charge on any atom is 0.270 e. The Hall–Kier alpha value is -6.22. The molecule has 0 aliphatic carbocycles. The van der Waals surface area contributed by atoms with Gasteiger partial charge in [0, 0.05) is 49.9 Å². The lowest BCUT2D eigenvalue weighted by molar-refractivity contribution is -0.896. The van der Waals surface area contributed by atoms with Crippen molar-refractivity contribution >= 4 is 34.1 Å². The van der Waals surface area contributed by atoms with E-state index in [1.54, 1.807) is 0 Å². The first kappa shape index (κ1) is 38.6. The van der Waals surface area contributed by atoms with E-state index in [1.807, 2.05) is 60.7 Å². The zero-order chi connectivity index (χ0) is 37.7. The third kappa shape index (κ3) is 11.1. The first-order chi connectivity index (χ1) is 24.8. The molecule has 0 radical (unpaired) electrons. The number of quaternary nitrogens is 2. The van der Waals surface area contributed by atoms with E-state index in [1.165, 1.54) is 36.4 Å². The molecule has 4 aromatic carbocycles. The van der Waals surface area contributed by atoms with Gasteiger partial charge >= 0.3 is 0 Å². The predicted octanol–water partition coefficient (Wildman–Crippen LogP) is 8.80. The van der Waals surface area contributed by atoms with Crippen LogP contribution in [0, 0.1) is 42.9 Å². The van der Waals surface area contributed by atoms with Crippen LogP contribution in [-0.4, -0.2) is 73.2 Å². The summed E-state index contributed by atoms with van der Waals surface area (Å²) >= 11 is 0. The van der Waals surface area contributed by atoms with Crippen LogP contribution in [0.5, 0.6) is 0 Å². The fourth-order valence-corrected chi connectivity index (χ4v) is 5.63. The Balaban J connectivity index is 1.28. The maximum absolute atomic E-state index is 11.1. The van der Waals surface area contributed by atoms with Crippen LogP contribution < -0.4 is 0 Å². The molecule has 0 aliphatic heterocycles. The van der Waals surface area contributed by atoms with Crippen molar-refractivity contribution in [1.82, 2.24) is 0 Å². The molecule has 4 aromatic rings. The Morgan fingerprint density at radius 1 is 0.558 bits per heavy atom. The molecule has 0 unspecified atom stereocenters. The molecule has 52 heavy (non-hydrogen) atoms. The summed E-state index contributed by atoms with van der Waals surface area (Å²) in [6, 6.07) is 27.3. The number of nitrogens with zero attached hydrogens (tertiary/aromatic N) is 10. The lowest BCUT2D eigenvalue weighted by atomic mass is 10.1. The Labute approximate surface area is 303 Å². The quantitative estimate of drug-likeness (QED) is 0.0348. The molecule has 14 heteroatoms. The largest absolute Gasteiger partial charge is 0.328 e. The Bertz CT molecular complexity index is 1910. The van der Waals surface area contributed by atoms with Crippen LogP contribution in [-0.2, 0) is 12.8 Å². The van der Waals surface area contributed by atoms with E-state index in [9.17, 15) is 30.8 Å². The van der Waals surface area contributed by atoms with Crippen molar-refractivity contribution in [3.05, 3.63) is 127 Å². The second kappa shape index (κ2) is 17.6. The van der Waals surface area contributed by atoms with Gasteiger partial charge in [-0.3, -0.25) is 20.2 Å². The number of non-ortho nitro benzene ring substituents is 2. The average molecular weight is 703 g/mol. The first-order valence-corrected chi connectivity index (χ1v) is 16.8. The van der Waals surface area contributed by atoms with Crippen molar-refractivity contribution in [2.45, 2.75) is 25.7 Å². The van der Waals surface area contributed by atoms with Crippen LogP contribution in [0.4, 0.5) is 34.1 Å². The molecular weight excluding hydrogens is 660 g/mol. The highest BCUT2D eigenvalue weighted by atomic mass is 16.6. The van der Waals surface area contributed by atoms with Gasteiger partial charge in [0.15, 0.2) is 0 Å². The summed E-state index contributed by atoms with van der Waals surface area (Å²) in [5, 5.41) is 58.3. The molecule has 0 aliphatic rings. The summed E-state index contributed by atoms with van der Waals surface area (Å²) < 4.78 is 1.67. The molecule has 14 nitrogen and oxygen atoms in total. The number of likely N-dealkylation sites (N-methyl/N-ethyl adjacent to an activating group) is 2. The number of azo groups is 2. The standard InChI is InChI=1S/C38H42N10O4/c1-47(2,23-19-29-11-5-7-13-35(29)41-43-37-17-15-33(45(49)50)25-31(37)27-39)21-9-10-22-48(3,4)24-20-30-12-6-8-14-36(30)42-44-38-18-16-34(46(51)52)26-32(38)28-40/h5-8,11-18,25-26H,9-10,19-24H2,1-4H3/q+2/b43-41+,44-42+. The summed E-state index contributed by atoms with van der Waals surface area (Å²) in [6.07, 6.45) is 3.70. The van der Waals surface area contributed by atoms with Crippen molar-refractivity contribution in [1.29, 1.82) is 10.5 Å². The molecular formula is C38H42N10O4+2. The molecule has 0 saturated carbocycles. The van der Waals surface area contributed by atoms with Gasteiger partial charge in [-0.05, 0) is 35.4 Å². The Morgan fingerprint density at radius 3 is 1.29 bits per heavy atom. The van der Waals surface area contributed by atoms with E-state index < -0.39 is 9.85 Å². The molecule has 0 saturated heterocycles. The zero-order valence-electron chi connectivity index (χ0n) is 29.8. The molecule has 0 aromatic heterocycles. The molecule has 266 valence electrons. The minimum atomic E-state index is -0.544. The van der Waals surface area contributed by atoms with Gasteiger partial charge in [-0.15, -0.1) is 10.2 Å². The van der Waals surface area contributed by atoms with Crippen LogP contribution in [0.1, 0.15) is 35.1 Å². The average Bonchev–Trinajstić information content (AvgIpc) is 3.13. The lowest BCUT2D eigenvalue weighted by Gasteiger charge is -2.32. The fourth-order valence-electron chi connectivity index (χ4n) is 5.63. The number of nitriles is 2. The van der Waals surface area contributed by atoms with Crippen LogP contribution in [0.2, 0.25) is 0 Å². The SMILES string of the molecule is C[N+](C)(CCCC[N+](C)(C)CCc1ccccc1/N=N/c1ccc([N+](=O)[O-])cc1C#N)CCc1ccccc1/N=N/c1ccc([N+](=O)[O-])cc1C#N. The number of nitro groups is 2. The van der Waals surface area contributed by atoms with E-state index in [0.29, 0.717) is 11.4 Å². The molecule has 0 bridgehead atoms. The van der Waals surface area contributed by atoms with Crippen molar-refractivity contribution < 1.29 is 18.8 Å². The molecule has 0 atom stereocenters. The number of nitro benzene ring substituents is 2. The number of hydrogen-bond acceptors (Lipinski definition) is 10. The highest BCUT2D eigenvalue weighted by Crippen LogP contribution is 2.29. The van der Waals surface area contributed by atoms with Gasteiger partial charge in [-0.2, -0.15) is 20.8 Å². The smallest absolute Gasteiger partial charge is 0.270 e. The second-order valence-electron chi connectivity index (χ2n) is 13.8. The highest BCUT2D eigenvalue weighted by Gasteiger charge is 2.20. The fraction of sp³-hybridized carbons (Fsp3) is 0.316. The van der Waals surface area contributed by atoms with Gasteiger partial charge in [0.25, 0.3) is 11.4 Å². The molecule has 0 fully saturated rings. The van der Waals surface area contributed by atoms with E-state index >= 15 is 0 Å². The summed E-state index contributed by atoms with van der Waals surface area (Å²) in [6.45, 7) is 3.81. The molecule has 0 heterocycles. The second-order valence-corrected chi connectivity index (χ2v) is 13.8. The molecule has 0 spiro atoms. The van der Waals surface area contributed by atoms with Gasteiger partial charge in [0.05, 0.1) is 86.7 Å². The molecule has 0 amide bonds. The van der Waals surface area contributed by atoms with E-state index in [0.717, 1.165) is 72.0 Å². The summed E-state index contributed by atoms with van der Waals surface area (Å²) in [7, 11) is 8.90. The Morgan fingerprint density at radius 2 is 0.923 bits per heavy atom. The van der Waals surface area contributed by atoms with Gasteiger partial charge in [-0.25, -0.2) is 0 Å². The topological polar surface area (TPSA) is 183 Å². The highest BCUT2D eigenvalue weighted by molar-refractivity contribution is 5.59. The normalized spacial score (nSPS) is 11.8. The van der Waals surface area contributed by atoms with E-state index in [-0.39, 0.29) is 33.9 Å². The van der Waals surface area contributed by atoms with Gasteiger partial charge in [0.1, 0.15) is 23.5 Å². The predicted molar refractivity (Wildman–Crippen MR) is 197 cm³/mol. The third-order valence-corrected chi connectivity index (χ3v) is 8.89. The lowest BCUT2D eigenvalue weighted by Crippen LogP contribution is -2.44. The number of rotatable bonds is 17. The first-order valence-electron chi connectivity index (χ1n) is 16.8. The number of benzene rings is 4.